The lowest BCUT2D eigenvalue weighted by Crippen LogP contribution is -2.52. The highest BCUT2D eigenvalue weighted by Gasteiger charge is 2.24. The zero-order valence-corrected chi connectivity index (χ0v) is 13.9. The van der Waals surface area contributed by atoms with E-state index in [1.54, 1.807) is 0 Å². The topological polar surface area (TPSA) is 36.8 Å². The van der Waals surface area contributed by atoms with Crippen molar-refractivity contribution in [2.24, 2.45) is 7.05 Å². The molecular formula is C16H29N5O. The Morgan fingerprint density at radius 3 is 2.59 bits per heavy atom. The smallest absolute Gasteiger partial charge is 0.122 e. The van der Waals surface area contributed by atoms with Gasteiger partial charge >= 0.3 is 0 Å². The third-order valence-electron chi connectivity index (χ3n) is 4.88. The lowest BCUT2D eigenvalue weighted by atomic mass is 10.2. The van der Waals surface area contributed by atoms with Crippen LogP contribution in [0.15, 0.2) is 12.4 Å². The first kappa shape index (κ1) is 15.9. The number of ether oxygens (including phenoxy) is 1. The number of hydrogen-bond acceptors (Lipinski definition) is 5. The standard InChI is InChI=1S/C16H29N5O/c1-3-19-10-11-22-15(12-19)13-20-6-8-21(9-7-20)14-16-17-4-5-18(16)2/h4-5,15H,3,6-14H2,1-2H3/t15-/m0/s1. The Morgan fingerprint density at radius 2 is 1.91 bits per heavy atom. The Balaban J connectivity index is 1.41. The highest BCUT2D eigenvalue weighted by atomic mass is 16.5. The molecule has 6 heteroatoms. The predicted molar refractivity (Wildman–Crippen MR) is 86.8 cm³/mol. The number of aryl methyl sites for hydroxylation is 1. The molecule has 0 aliphatic carbocycles. The summed E-state index contributed by atoms with van der Waals surface area (Å²) in [5.41, 5.74) is 0. The lowest BCUT2D eigenvalue weighted by molar-refractivity contribution is -0.0471. The Morgan fingerprint density at radius 1 is 1.14 bits per heavy atom. The Labute approximate surface area is 133 Å². The van der Waals surface area contributed by atoms with Crippen molar-refractivity contribution in [1.29, 1.82) is 0 Å². The molecule has 0 N–H and O–H groups in total. The zero-order valence-electron chi connectivity index (χ0n) is 13.9. The van der Waals surface area contributed by atoms with Crippen molar-refractivity contribution in [3.63, 3.8) is 0 Å². The average Bonchev–Trinajstić information content (AvgIpc) is 2.94. The van der Waals surface area contributed by atoms with E-state index in [9.17, 15) is 0 Å². The number of imidazole rings is 1. The van der Waals surface area contributed by atoms with Crippen LogP contribution in [0.2, 0.25) is 0 Å². The van der Waals surface area contributed by atoms with Crippen LogP contribution < -0.4 is 0 Å². The summed E-state index contributed by atoms with van der Waals surface area (Å²) in [5, 5.41) is 0. The SMILES string of the molecule is CCN1CCO[C@H](CN2CCN(Cc3nccn3C)CC2)C1. The number of morpholine rings is 1. The van der Waals surface area contributed by atoms with Gasteiger partial charge in [-0.25, -0.2) is 4.98 Å². The van der Waals surface area contributed by atoms with Crippen molar-refractivity contribution in [2.45, 2.75) is 19.6 Å². The van der Waals surface area contributed by atoms with Crippen molar-refractivity contribution in [1.82, 2.24) is 24.3 Å². The summed E-state index contributed by atoms with van der Waals surface area (Å²) in [6, 6.07) is 0. The summed E-state index contributed by atoms with van der Waals surface area (Å²) in [6.45, 7) is 13.0. The molecule has 22 heavy (non-hydrogen) atoms. The van der Waals surface area contributed by atoms with Crippen LogP contribution in [0.5, 0.6) is 0 Å². The van der Waals surface area contributed by atoms with Crippen LogP contribution in [-0.4, -0.2) is 89.3 Å². The highest BCUT2D eigenvalue weighted by Crippen LogP contribution is 2.11. The van der Waals surface area contributed by atoms with E-state index in [-0.39, 0.29) is 0 Å². The van der Waals surface area contributed by atoms with Crippen molar-refractivity contribution in [3.8, 4) is 0 Å². The maximum absolute atomic E-state index is 5.93. The van der Waals surface area contributed by atoms with E-state index in [1.165, 1.54) is 0 Å². The van der Waals surface area contributed by atoms with Crippen LogP contribution in [0.4, 0.5) is 0 Å². The molecule has 124 valence electrons. The van der Waals surface area contributed by atoms with Crippen molar-refractivity contribution in [2.75, 3.05) is 59.0 Å². The molecule has 0 bridgehead atoms. The van der Waals surface area contributed by atoms with Crippen LogP contribution in [0.1, 0.15) is 12.7 Å². The Kier molecular flexibility index (Phi) is 5.46. The molecule has 0 amide bonds. The minimum Gasteiger partial charge on any atom is -0.374 e. The fourth-order valence-corrected chi connectivity index (χ4v) is 3.34. The number of aromatic nitrogens is 2. The van der Waals surface area contributed by atoms with Gasteiger partial charge in [0.05, 0.1) is 19.3 Å². The van der Waals surface area contributed by atoms with Gasteiger partial charge in [-0.15, -0.1) is 0 Å². The van der Waals surface area contributed by atoms with Crippen molar-refractivity contribution < 1.29 is 4.74 Å². The normalized spacial score (nSPS) is 25.6. The van der Waals surface area contributed by atoms with E-state index >= 15 is 0 Å². The van der Waals surface area contributed by atoms with E-state index in [0.717, 1.165) is 71.3 Å². The molecule has 0 radical (unpaired) electrons. The summed E-state index contributed by atoms with van der Waals surface area (Å²) in [7, 11) is 2.07. The van der Waals surface area contributed by atoms with Crippen LogP contribution in [-0.2, 0) is 18.3 Å². The van der Waals surface area contributed by atoms with E-state index in [2.05, 4.69) is 38.2 Å². The van der Waals surface area contributed by atoms with E-state index in [4.69, 9.17) is 4.74 Å². The third kappa shape index (κ3) is 4.07. The Bertz CT molecular complexity index is 455. The number of rotatable bonds is 5. The van der Waals surface area contributed by atoms with E-state index in [1.807, 2.05) is 12.4 Å². The molecule has 2 aliphatic heterocycles. The summed E-state index contributed by atoms with van der Waals surface area (Å²) < 4.78 is 8.04. The minimum absolute atomic E-state index is 0.384. The van der Waals surface area contributed by atoms with Gasteiger partial charge in [-0.2, -0.15) is 0 Å². The number of likely N-dealkylation sites (N-methyl/N-ethyl adjacent to an activating group) is 1. The maximum atomic E-state index is 5.93. The molecule has 0 spiro atoms. The van der Waals surface area contributed by atoms with Gasteiger partial charge in [0.1, 0.15) is 5.82 Å². The van der Waals surface area contributed by atoms with Gasteiger partial charge in [0, 0.05) is 65.3 Å². The molecule has 0 aromatic carbocycles. The molecule has 1 aromatic heterocycles. The predicted octanol–water partition coefficient (Wildman–Crippen LogP) is 0.258. The fourth-order valence-electron chi connectivity index (χ4n) is 3.34. The van der Waals surface area contributed by atoms with Crippen LogP contribution in [0.25, 0.3) is 0 Å². The van der Waals surface area contributed by atoms with Gasteiger partial charge < -0.3 is 9.30 Å². The van der Waals surface area contributed by atoms with E-state index < -0.39 is 0 Å². The summed E-state index contributed by atoms with van der Waals surface area (Å²) >= 11 is 0. The number of piperazine rings is 1. The monoisotopic (exact) mass is 307 g/mol. The fraction of sp³-hybridized carbons (Fsp3) is 0.812. The molecule has 2 saturated heterocycles. The van der Waals surface area contributed by atoms with Crippen molar-refractivity contribution >= 4 is 0 Å². The molecule has 1 atom stereocenters. The second kappa shape index (κ2) is 7.55. The van der Waals surface area contributed by atoms with Gasteiger partial charge in [0.15, 0.2) is 0 Å². The molecule has 2 aliphatic rings. The van der Waals surface area contributed by atoms with Gasteiger partial charge in [0.2, 0.25) is 0 Å². The second-order valence-electron chi connectivity index (χ2n) is 6.42. The summed E-state index contributed by atoms with van der Waals surface area (Å²) in [6.07, 6.45) is 4.28. The van der Waals surface area contributed by atoms with Gasteiger partial charge in [-0.3, -0.25) is 14.7 Å². The molecule has 0 saturated carbocycles. The molecule has 1 aromatic rings. The average molecular weight is 307 g/mol. The highest BCUT2D eigenvalue weighted by molar-refractivity contribution is 4.92. The van der Waals surface area contributed by atoms with Gasteiger partial charge in [0.25, 0.3) is 0 Å². The first-order chi connectivity index (χ1) is 10.7. The minimum atomic E-state index is 0.384. The first-order valence-corrected chi connectivity index (χ1v) is 8.49. The molecule has 2 fully saturated rings. The van der Waals surface area contributed by atoms with E-state index in [0.29, 0.717) is 6.10 Å². The maximum Gasteiger partial charge on any atom is 0.122 e. The first-order valence-electron chi connectivity index (χ1n) is 8.49. The van der Waals surface area contributed by atoms with Gasteiger partial charge in [-0.05, 0) is 6.54 Å². The molecular weight excluding hydrogens is 278 g/mol. The largest absolute Gasteiger partial charge is 0.374 e. The van der Waals surface area contributed by atoms with Crippen molar-refractivity contribution in [3.05, 3.63) is 18.2 Å². The molecule has 3 heterocycles. The van der Waals surface area contributed by atoms with Crippen LogP contribution in [0.3, 0.4) is 0 Å². The van der Waals surface area contributed by atoms with Crippen LogP contribution >= 0.6 is 0 Å². The molecule has 0 unspecified atom stereocenters. The number of hydrogen-bond donors (Lipinski definition) is 0. The molecule has 3 rings (SSSR count). The second-order valence-corrected chi connectivity index (χ2v) is 6.42. The zero-order chi connectivity index (χ0) is 15.4. The molecule has 6 nitrogen and oxygen atoms in total. The third-order valence-corrected chi connectivity index (χ3v) is 4.88. The lowest BCUT2D eigenvalue weighted by Gasteiger charge is -2.39. The van der Waals surface area contributed by atoms with Gasteiger partial charge in [-0.1, -0.05) is 6.92 Å². The number of nitrogens with zero attached hydrogens (tertiary/aromatic N) is 5. The quantitative estimate of drug-likeness (QED) is 0.780. The van der Waals surface area contributed by atoms with Crippen LogP contribution in [0, 0.1) is 0 Å². The summed E-state index contributed by atoms with van der Waals surface area (Å²) in [5.74, 6) is 1.16. The summed E-state index contributed by atoms with van der Waals surface area (Å²) in [4.78, 5) is 12.0. The Hall–Kier alpha value is -0.950.